The van der Waals surface area contributed by atoms with Gasteiger partial charge in [0, 0.05) is 0 Å². The first-order valence-electron chi connectivity index (χ1n) is 7.94. The second-order valence-electron chi connectivity index (χ2n) is 5.25. The van der Waals surface area contributed by atoms with Crippen LogP contribution in [0.1, 0.15) is 77.6 Å². The van der Waals surface area contributed by atoms with E-state index in [-0.39, 0.29) is 0 Å². The van der Waals surface area contributed by atoms with E-state index in [0.29, 0.717) is 6.61 Å². The number of alkyl halides is 1. The minimum atomic E-state index is -1.09. The van der Waals surface area contributed by atoms with E-state index in [1.165, 1.54) is 44.9 Å². The standard InChI is InChI=1S/C16H29FO3/c1-2-3-4-5-6-7-8-9-10-11-12-20-16(19)13-15(18)14-17/h2-14H2,1H3. The summed E-state index contributed by atoms with van der Waals surface area (Å²) >= 11 is 0. The van der Waals surface area contributed by atoms with Gasteiger partial charge in [0.1, 0.15) is 13.1 Å². The molecule has 0 aliphatic heterocycles. The lowest BCUT2D eigenvalue weighted by Crippen LogP contribution is -2.13. The van der Waals surface area contributed by atoms with Gasteiger partial charge in [-0.25, -0.2) is 4.39 Å². The summed E-state index contributed by atoms with van der Waals surface area (Å²) in [4.78, 5) is 21.7. The highest BCUT2D eigenvalue weighted by Crippen LogP contribution is 2.10. The summed E-state index contributed by atoms with van der Waals surface area (Å²) in [5.41, 5.74) is 0. The maximum absolute atomic E-state index is 11.8. The van der Waals surface area contributed by atoms with Crippen molar-refractivity contribution < 1.29 is 18.7 Å². The van der Waals surface area contributed by atoms with E-state index in [4.69, 9.17) is 4.74 Å². The van der Waals surface area contributed by atoms with Gasteiger partial charge in [-0.15, -0.1) is 0 Å². The van der Waals surface area contributed by atoms with Gasteiger partial charge in [-0.1, -0.05) is 64.7 Å². The molecule has 0 aliphatic rings. The Balaban J connectivity index is 3.16. The van der Waals surface area contributed by atoms with Crippen LogP contribution in [0.3, 0.4) is 0 Å². The second kappa shape index (κ2) is 14.5. The van der Waals surface area contributed by atoms with E-state index in [2.05, 4.69) is 6.92 Å². The van der Waals surface area contributed by atoms with E-state index < -0.39 is 24.8 Å². The number of hydrogen-bond acceptors (Lipinski definition) is 3. The molecule has 0 aromatic heterocycles. The number of rotatable bonds is 14. The van der Waals surface area contributed by atoms with E-state index >= 15 is 0 Å². The van der Waals surface area contributed by atoms with Crippen molar-refractivity contribution in [3.8, 4) is 0 Å². The fourth-order valence-corrected chi connectivity index (χ4v) is 2.03. The number of ether oxygens (including phenoxy) is 1. The highest BCUT2D eigenvalue weighted by Gasteiger charge is 2.09. The van der Waals surface area contributed by atoms with Crippen molar-refractivity contribution >= 4 is 11.8 Å². The van der Waals surface area contributed by atoms with Crippen molar-refractivity contribution in [3.63, 3.8) is 0 Å². The van der Waals surface area contributed by atoms with Gasteiger partial charge in [0.05, 0.1) is 6.61 Å². The molecule has 0 spiro atoms. The van der Waals surface area contributed by atoms with Gasteiger partial charge in [-0.05, 0) is 6.42 Å². The minimum Gasteiger partial charge on any atom is -0.465 e. The summed E-state index contributed by atoms with van der Waals surface area (Å²) in [5.74, 6) is -1.32. The Labute approximate surface area is 122 Å². The number of hydrogen-bond donors (Lipinski definition) is 0. The van der Waals surface area contributed by atoms with Gasteiger partial charge in [-0.2, -0.15) is 0 Å². The van der Waals surface area contributed by atoms with Crippen LogP contribution >= 0.6 is 0 Å². The van der Waals surface area contributed by atoms with E-state index in [9.17, 15) is 14.0 Å². The van der Waals surface area contributed by atoms with Crippen molar-refractivity contribution in [2.45, 2.75) is 77.6 Å². The number of Topliss-reactive ketones (excluding diaryl/α,β-unsaturated/α-hetero) is 1. The molecule has 0 aromatic rings. The average Bonchev–Trinajstić information content (AvgIpc) is 2.44. The van der Waals surface area contributed by atoms with Crippen molar-refractivity contribution in [2.75, 3.05) is 13.3 Å². The summed E-state index contributed by atoms with van der Waals surface area (Å²) in [6, 6.07) is 0. The quantitative estimate of drug-likeness (QED) is 0.271. The molecule has 0 saturated heterocycles. The van der Waals surface area contributed by atoms with Crippen LogP contribution in [0.25, 0.3) is 0 Å². The van der Waals surface area contributed by atoms with E-state index in [0.717, 1.165) is 19.3 Å². The molecule has 0 saturated carbocycles. The van der Waals surface area contributed by atoms with Crippen molar-refractivity contribution in [1.82, 2.24) is 0 Å². The van der Waals surface area contributed by atoms with Crippen LogP contribution in [0, 0.1) is 0 Å². The average molecular weight is 288 g/mol. The molecule has 0 bridgehead atoms. The number of esters is 1. The molecule has 0 N–H and O–H groups in total. The highest BCUT2D eigenvalue weighted by molar-refractivity contribution is 5.96. The van der Waals surface area contributed by atoms with Crippen LogP contribution in [0.2, 0.25) is 0 Å². The Morgan fingerprint density at radius 3 is 1.85 bits per heavy atom. The fraction of sp³-hybridized carbons (Fsp3) is 0.875. The summed E-state index contributed by atoms with van der Waals surface area (Å²) < 4.78 is 16.7. The molecule has 0 fully saturated rings. The Morgan fingerprint density at radius 2 is 1.35 bits per heavy atom. The van der Waals surface area contributed by atoms with Crippen LogP contribution in [-0.2, 0) is 14.3 Å². The summed E-state index contributed by atoms with van der Waals surface area (Å²) in [6.07, 6.45) is 11.8. The Hall–Kier alpha value is -0.930. The molecular weight excluding hydrogens is 259 g/mol. The SMILES string of the molecule is CCCCCCCCCCCCOC(=O)CC(=O)CF. The molecular formula is C16H29FO3. The lowest BCUT2D eigenvalue weighted by atomic mass is 10.1. The molecule has 0 aromatic carbocycles. The zero-order chi connectivity index (χ0) is 15.1. The van der Waals surface area contributed by atoms with Gasteiger partial charge >= 0.3 is 5.97 Å². The van der Waals surface area contributed by atoms with Gasteiger partial charge < -0.3 is 4.74 Å². The first-order valence-corrected chi connectivity index (χ1v) is 7.94. The molecule has 0 atom stereocenters. The second-order valence-corrected chi connectivity index (χ2v) is 5.25. The first kappa shape index (κ1) is 19.1. The Bertz CT molecular complexity index is 254. The summed E-state index contributed by atoms with van der Waals surface area (Å²) in [5, 5.41) is 0. The topological polar surface area (TPSA) is 43.4 Å². The van der Waals surface area contributed by atoms with Gasteiger partial charge in [-0.3, -0.25) is 9.59 Å². The molecule has 0 amide bonds. The van der Waals surface area contributed by atoms with Crippen LogP contribution in [0.5, 0.6) is 0 Å². The van der Waals surface area contributed by atoms with Gasteiger partial charge in [0.25, 0.3) is 0 Å². The third-order valence-corrected chi connectivity index (χ3v) is 3.25. The molecule has 0 heterocycles. The highest BCUT2D eigenvalue weighted by atomic mass is 19.1. The van der Waals surface area contributed by atoms with E-state index in [1.807, 2.05) is 0 Å². The maximum Gasteiger partial charge on any atom is 0.313 e. The maximum atomic E-state index is 11.8. The third kappa shape index (κ3) is 13.5. The van der Waals surface area contributed by atoms with E-state index in [1.54, 1.807) is 0 Å². The minimum absolute atomic E-state index is 0.342. The first-order chi connectivity index (χ1) is 9.70. The predicted molar refractivity (Wildman–Crippen MR) is 78.4 cm³/mol. The normalized spacial score (nSPS) is 10.5. The summed E-state index contributed by atoms with van der Waals surface area (Å²) in [6.45, 7) is 1.47. The molecule has 0 unspecified atom stereocenters. The number of carbonyl (C=O) groups is 2. The largest absolute Gasteiger partial charge is 0.465 e. The predicted octanol–water partition coefficient (Wildman–Crippen LogP) is 4.38. The van der Waals surface area contributed by atoms with Crippen molar-refractivity contribution in [2.24, 2.45) is 0 Å². The number of carbonyl (C=O) groups excluding carboxylic acids is 2. The molecule has 0 radical (unpaired) electrons. The molecule has 0 rings (SSSR count). The zero-order valence-corrected chi connectivity index (χ0v) is 12.8. The zero-order valence-electron chi connectivity index (χ0n) is 12.8. The Morgan fingerprint density at radius 1 is 0.850 bits per heavy atom. The summed E-state index contributed by atoms with van der Waals surface area (Å²) in [7, 11) is 0. The molecule has 0 aliphatic carbocycles. The van der Waals surface area contributed by atoms with Crippen LogP contribution in [-0.4, -0.2) is 25.0 Å². The fourth-order valence-electron chi connectivity index (χ4n) is 2.03. The third-order valence-electron chi connectivity index (χ3n) is 3.25. The lowest BCUT2D eigenvalue weighted by molar-refractivity contribution is -0.146. The molecule has 3 nitrogen and oxygen atoms in total. The number of ketones is 1. The molecule has 20 heavy (non-hydrogen) atoms. The van der Waals surface area contributed by atoms with Gasteiger partial charge in [0.2, 0.25) is 0 Å². The van der Waals surface area contributed by atoms with Crippen molar-refractivity contribution in [3.05, 3.63) is 0 Å². The number of halogens is 1. The van der Waals surface area contributed by atoms with Crippen LogP contribution < -0.4 is 0 Å². The lowest BCUT2D eigenvalue weighted by Gasteiger charge is -2.04. The smallest absolute Gasteiger partial charge is 0.313 e. The van der Waals surface area contributed by atoms with Crippen LogP contribution in [0.4, 0.5) is 4.39 Å². The van der Waals surface area contributed by atoms with Crippen molar-refractivity contribution in [1.29, 1.82) is 0 Å². The molecule has 118 valence electrons. The van der Waals surface area contributed by atoms with Gasteiger partial charge in [0.15, 0.2) is 5.78 Å². The Kier molecular flexibility index (Phi) is 13.8. The number of unbranched alkanes of at least 4 members (excludes halogenated alkanes) is 9. The monoisotopic (exact) mass is 288 g/mol. The molecule has 4 heteroatoms. The van der Waals surface area contributed by atoms with Crippen LogP contribution in [0.15, 0.2) is 0 Å².